The number of nitrogens with zero attached hydrogens (tertiary/aromatic N) is 2. The van der Waals surface area contributed by atoms with E-state index in [9.17, 15) is 14.4 Å². The summed E-state index contributed by atoms with van der Waals surface area (Å²) in [5, 5.41) is 0. The highest BCUT2D eigenvalue weighted by molar-refractivity contribution is 5.94. The van der Waals surface area contributed by atoms with Crippen LogP contribution in [0.2, 0.25) is 0 Å². The van der Waals surface area contributed by atoms with Crippen LogP contribution in [0, 0.1) is 11.8 Å². The quantitative estimate of drug-likeness (QED) is 0.389. The van der Waals surface area contributed by atoms with Gasteiger partial charge in [-0.1, -0.05) is 44.2 Å². The standard InChI is InChI=1S/C31H40N2O5/c1-21(2)19-33(30(36)24-10-7-6-8-11-24)26-17-29(38-23(4)35)28-20-32(5)15-14-31(28,18-26)25-12-9-13-27(16-25)37-22(3)34/h6-13,16,21,26,28-29H,14-15,17-20H2,1-5H3/t26-,28?,29?,31?/m1/s1. The number of ether oxygens (including phenoxy) is 2. The van der Waals surface area contributed by atoms with Crippen molar-refractivity contribution in [1.82, 2.24) is 9.80 Å². The van der Waals surface area contributed by atoms with E-state index in [0.29, 0.717) is 24.3 Å². The lowest BCUT2D eigenvalue weighted by Crippen LogP contribution is -2.62. The Labute approximate surface area is 226 Å². The molecule has 3 unspecified atom stereocenters. The van der Waals surface area contributed by atoms with E-state index in [1.54, 1.807) is 6.07 Å². The zero-order chi connectivity index (χ0) is 27.4. The summed E-state index contributed by atoms with van der Waals surface area (Å²) >= 11 is 0. The molecular formula is C31H40N2O5. The zero-order valence-electron chi connectivity index (χ0n) is 23.2. The predicted octanol–water partition coefficient (Wildman–Crippen LogP) is 4.69. The highest BCUT2D eigenvalue weighted by atomic mass is 16.5. The molecule has 1 amide bonds. The molecule has 0 spiro atoms. The first-order valence-corrected chi connectivity index (χ1v) is 13.6. The first-order valence-electron chi connectivity index (χ1n) is 13.6. The predicted molar refractivity (Wildman–Crippen MR) is 146 cm³/mol. The third-order valence-electron chi connectivity index (χ3n) is 7.98. The van der Waals surface area contributed by atoms with Crippen LogP contribution in [0.1, 0.15) is 62.9 Å². The average Bonchev–Trinajstić information content (AvgIpc) is 2.87. The Kier molecular flexibility index (Phi) is 8.56. The van der Waals surface area contributed by atoms with E-state index in [1.807, 2.05) is 47.4 Å². The van der Waals surface area contributed by atoms with Gasteiger partial charge in [-0.25, -0.2) is 0 Å². The van der Waals surface area contributed by atoms with Gasteiger partial charge in [-0.05, 0) is 62.2 Å². The van der Waals surface area contributed by atoms with E-state index >= 15 is 0 Å². The smallest absolute Gasteiger partial charge is 0.308 e. The minimum atomic E-state index is -0.365. The molecule has 0 N–H and O–H groups in total. The van der Waals surface area contributed by atoms with Crippen molar-refractivity contribution in [3.63, 3.8) is 0 Å². The van der Waals surface area contributed by atoms with Crippen LogP contribution in [0.3, 0.4) is 0 Å². The molecule has 1 saturated carbocycles. The van der Waals surface area contributed by atoms with Crippen LogP contribution >= 0.6 is 0 Å². The third kappa shape index (κ3) is 6.09. The molecule has 204 valence electrons. The van der Waals surface area contributed by atoms with Crippen LogP contribution in [0.4, 0.5) is 0 Å². The zero-order valence-corrected chi connectivity index (χ0v) is 23.2. The molecule has 2 fully saturated rings. The molecule has 2 aromatic rings. The summed E-state index contributed by atoms with van der Waals surface area (Å²) in [5.74, 6) is 0.148. The number of carbonyl (C=O) groups excluding carboxylic acids is 3. The Morgan fingerprint density at radius 2 is 1.79 bits per heavy atom. The van der Waals surface area contributed by atoms with Gasteiger partial charge in [0.05, 0.1) is 0 Å². The summed E-state index contributed by atoms with van der Waals surface area (Å²) in [6, 6.07) is 17.0. The molecule has 7 heteroatoms. The van der Waals surface area contributed by atoms with Gasteiger partial charge < -0.3 is 19.3 Å². The summed E-state index contributed by atoms with van der Waals surface area (Å²) in [6.45, 7) is 9.36. The van der Waals surface area contributed by atoms with Crippen molar-refractivity contribution in [1.29, 1.82) is 0 Å². The number of hydrogen-bond donors (Lipinski definition) is 0. The van der Waals surface area contributed by atoms with Crippen LogP contribution in [0.25, 0.3) is 0 Å². The Balaban J connectivity index is 1.81. The number of piperidine rings is 1. The van der Waals surface area contributed by atoms with E-state index in [4.69, 9.17) is 9.47 Å². The maximum absolute atomic E-state index is 13.9. The number of hydrogen-bond acceptors (Lipinski definition) is 6. The van der Waals surface area contributed by atoms with Gasteiger partial charge >= 0.3 is 11.9 Å². The lowest BCUT2D eigenvalue weighted by atomic mass is 9.56. The van der Waals surface area contributed by atoms with Crippen molar-refractivity contribution in [3.05, 3.63) is 65.7 Å². The van der Waals surface area contributed by atoms with Gasteiger partial charge in [0.1, 0.15) is 11.9 Å². The lowest BCUT2D eigenvalue weighted by molar-refractivity contribution is -0.158. The minimum Gasteiger partial charge on any atom is -0.462 e. The number of carbonyl (C=O) groups is 3. The molecule has 4 atom stereocenters. The molecule has 38 heavy (non-hydrogen) atoms. The summed E-state index contributed by atoms with van der Waals surface area (Å²) in [5.41, 5.74) is 1.37. The Morgan fingerprint density at radius 1 is 1.05 bits per heavy atom. The number of amides is 1. The maximum atomic E-state index is 13.9. The number of rotatable bonds is 7. The molecule has 1 aliphatic heterocycles. The van der Waals surface area contributed by atoms with Crippen LogP contribution in [-0.4, -0.2) is 66.5 Å². The fourth-order valence-corrected chi connectivity index (χ4v) is 6.47. The first kappa shape index (κ1) is 27.8. The van der Waals surface area contributed by atoms with Crippen molar-refractivity contribution in [2.24, 2.45) is 11.8 Å². The monoisotopic (exact) mass is 520 g/mol. The van der Waals surface area contributed by atoms with Crippen LogP contribution in [0.5, 0.6) is 5.75 Å². The Hall–Kier alpha value is -3.19. The minimum absolute atomic E-state index is 0.000987. The summed E-state index contributed by atoms with van der Waals surface area (Å²) in [4.78, 5) is 42.2. The van der Waals surface area contributed by atoms with Gasteiger partial charge in [0, 0.05) is 56.3 Å². The second-order valence-electron chi connectivity index (χ2n) is 11.4. The van der Waals surface area contributed by atoms with Gasteiger partial charge in [0.25, 0.3) is 5.91 Å². The average molecular weight is 521 g/mol. The first-order chi connectivity index (χ1) is 18.1. The number of likely N-dealkylation sites (tertiary alicyclic amines) is 1. The number of fused-ring (bicyclic) bond motifs is 1. The third-order valence-corrected chi connectivity index (χ3v) is 7.98. The molecule has 0 aromatic heterocycles. The molecule has 0 bridgehead atoms. The van der Waals surface area contributed by atoms with E-state index in [2.05, 4.69) is 31.9 Å². The van der Waals surface area contributed by atoms with Gasteiger partial charge in [-0.15, -0.1) is 0 Å². The second kappa shape index (κ2) is 11.7. The molecular weight excluding hydrogens is 480 g/mol. The molecule has 4 rings (SSSR count). The van der Waals surface area contributed by atoms with E-state index in [1.165, 1.54) is 13.8 Å². The summed E-state index contributed by atoms with van der Waals surface area (Å²) in [6.07, 6.45) is 1.85. The molecule has 1 saturated heterocycles. The van der Waals surface area contributed by atoms with Crippen LogP contribution in [-0.2, 0) is 19.7 Å². The fraction of sp³-hybridized carbons (Fsp3) is 0.516. The molecule has 0 radical (unpaired) electrons. The van der Waals surface area contributed by atoms with Crippen molar-refractivity contribution >= 4 is 17.8 Å². The largest absolute Gasteiger partial charge is 0.462 e. The highest BCUT2D eigenvalue weighted by Gasteiger charge is 2.54. The molecule has 1 heterocycles. The van der Waals surface area contributed by atoms with E-state index in [-0.39, 0.29) is 47.2 Å². The van der Waals surface area contributed by atoms with Crippen LogP contribution < -0.4 is 4.74 Å². The number of esters is 2. The van der Waals surface area contributed by atoms with Gasteiger partial charge in [0.2, 0.25) is 0 Å². The maximum Gasteiger partial charge on any atom is 0.308 e. The topological polar surface area (TPSA) is 76.2 Å². The fourth-order valence-electron chi connectivity index (χ4n) is 6.47. The Morgan fingerprint density at radius 3 is 2.45 bits per heavy atom. The van der Waals surface area contributed by atoms with Gasteiger partial charge in [0.15, 0.2) is 0 Å². The summed E-state index contributed by atoms with van der Waals surface area (Å²) in [7, 11) is 2.10. The second-order valence-corrected chi connectivity index (χ2v) is 11.4. The van der Waals surface area contributed by atoms with Crippen molar-refractivity contribution < 1.29 is 23.9 Å². The van der Waals surface area contributed by atoms with Gasteiger partial charge in [-0.3, -0.25) is 14.4 Å². The van der Waals surface area contributed by atoms with E-state index < -0.39 is 0 Å². The molecule has 1 aliphatic carbocycles. The number of benzene rings is 2. The van der Waals surface area contributed by atoms with Crippen molar-refractivity contribution in [2.75, 3.05) is 26.7 Å². The molecule has 2 aliphatic rings. The Bertz CT molecular complexity index is 1150. The summed E-state index contributed by atoms with van der Waals surface area (Å²) < 4.78 is 11.5. The highest BCUT2D eigenvalue weighted by Crippen LogP contribution is 2.51. The van der Waals surface area contributed by atoms with Crippen molar-refractivity contribution in [2.45, 2.75) is 64.5 Å². The normalized spacial score (nSPS) is 25.4. The molecule has 7 nitrogen and oxygen atoms in total. The van der Waals surface area contributed by atoms with E-state index in [0.717, 1.165) is 31.5 Å². The van der Waals surface area contributed by atoms with Crippen molar-refractivity contribution in [3.8, 4) is 5.75 Å². The van der Waals surface area contributed by atoms with Gasteiger partial charge in [-0.2, -0.15) is 0 Å². The molecule has 2 aromatic carbocycles. The SMILES string of the molecule is CC(=O)Oc1cccc(C23CCN(C)CC2C(OC(C)=O)C[C@@H](N(CC(C)C)C(=O)c2ccccc2)C3)c1. The lowest BCUT2D eigenvalue weighted by Gasteiger charge is -2.56. The van der Waals surface area contributed by atoms with Crippen LogP contribution in [0.15, 0.2) is 54.6 Å².